The first kappa shape index (κ1) is 15.6. The predicted octanol–water partition coefficient (Wildman–Crippen LogP) is 4.92. The number of hydrogen-bond donors (Lipinski definition) is 1. The largest absolute Gasteiger partial charge is 0.326 e. The van der Waals surface area contributed by atoms with Gasteiger partial charge in [0.05, 0.1) is 0 Å². The van der Waals surface area contributed by atoms with Crippen LogP contribution in [0.5, 0.6) is 0 Å². The fraction of sp³-hybridized carbons (Fsp3) is 0.588. The molecule has 3 heteroatoms. The van der Waals surface area contributed by atoms with Crippen LogP contribution in [-0.4, -0.2) is 11.2 Å². The molecule has 0 bridgehead atoms. The molecular formula is C17H24BrNO. The van der Waals surface area contributed by atoms with Crippen LogP contribution in [0.1, 0.15) is 51.0 Å². The van der Waals surface area contributed by atoms with Crippen LogP contribution in [-0.2, 0) is 11.2 Å². The SMILES string of the molecule is CCC1(C(=O)Nc2cccc(CCCBr)c2)CCCC1. The summed E-state index contributed by atoms with van der Waals surface area (Å²) in [7, 11) is 0. The molecule has 20 heavy (non-hydrogen) atoms. The van der Waals surface area contributed by atoms with Gasteiger partial charge in [-0.25, -0.2) is 0 Å². The number of anilines is 1. The minimum atomic E-state index is -0.119. The molecule has 0 atom stereocenters. The van der Waals surface area contributed by atoms with Crippen LogP contribution in [0.25, 0.3) is 0 Å². The van der Waals surface area contributed by atoms with Crippen LogP contribution < -0.4 is 5.32 Å². The van der Waals surface area contributed by atoms with E-state index < -0.39 is 0 Å². The first-order chi connectivity index (χ1) is 9.70. The highest BCUT2D eigenvalue weighted by atomic mass is 79.9. The topological polar surface area (TPSA) is 29.1 Å². The van der Waals surface area contributed by atoms with Crippen molar-refractivity contribution < 1.29 is 4.79 Å². The number of rotatable bonds is 6. The quantitative estimate of drug-likeness (QED) is 0.733. The van der Waals surface area contributed by atoms with E-state index in [9.17, 15) is 4.79 Å². The summed E-state index contributed by atoms with van der Waals surface area (Å²) in [5.74, 6) is 0.218. The van der Waals surface area contributed by atoms with Crippen molar-refractivity contribution in [2.45, 2.75) is 51.9 Å². The average Bonchev–Trinajstić information content (AvgIpc) is 2.95. The zero-order chi connectivity index (χ0) is 14.4. The Labute approximate surface area is 130 Å². The number of carbonyl (C=O) groups excluding carboxylic acids is 1. The van der Waals surface area contributed by atoms with Crippen molar-refractivity contribution in [3.05, 3.63) is 29.8 Å². The molecule has 0 heterocycles. The smallest absolute Gasteiger partial charge is 0.230 e. The number of aryl methyl sites for hydroxylation is 1. The zero-order valence-electron chi connectivity index (χ0n) is 12.3. The van der Waals surface area contributed by atoms with E-state index in [0.29, 0.717) is 0 Å². The van der Waals surface area contributed by atoms with Crippen molar-refractivity contribution in [2.75, 3.05) is 10.6 Å². The number of halogens is 1. The van der Waals surface area contributed by atoms with E-state index in [4.69, 9.17) is 0 Å². The minimum Gasteiger partial charge on any atom is -0.326 e. The molecule has 1 aliphatic rings. The molecule has 0 aromatic heterocycles. The Morgan fingerprint density at radius 1 is 1.35 bits per heavy atom. The van der Waals surface area contributed by atoms with Crippen molar-refractivity contribution in [1.82, 2.24) is 0 Å². The van der Waals surface area contributed by atoms with Gasteiger partial charge in [0.1, 0.15) is 0 Å². The molecule has 2 rings (SSSR count). The van der Waals surface area contributed by atoms with Gasteiger partial charge in [-0.1, -0.05) is 47.8 Å². The lowest BCUT2D eigenvalue weighted by Gasteiger charge is -2.26. The third-order valence-electron chi connectivity index (χ3n) is 4.50. The van der Waals surface area contributed by atoms with Gasteiger partial charge in [0.15, 0.2) is 0 Å². The fourth-order valence-corrected chi connectivity index (χ4v) is 3.41. The van der Waals surface area contributed by atoms with Crippen LogP contribution in [0, 0.1) is 5.41 Å². The molecule has 2 nitrogen and oxygen atoms in total. The van der Waals surface area contributed by atoms with Crippen molar-refractivity contribution in [3.63, 3.8) is 0 Å². The van der Waals surface area contributed by atoms with E-state index in [2.05, 4.69) is 40.3 Å². The fourth-order valence-electron chi connectivity index (χ4n) is 3.13. The average molecular weight is 338 g/mol. The van der Waals surface area contributed by atoms with Gasteiger partial charge in [-0.3, -0.25) is 4.79 Å². The number of alkyl halides is 1. The maximum Gasteiger partial charge on any atom is 0.230 e. The second kappa shape index (κ2) is 7.26. The van der Waals surface area contributed by atoms with Gasteiger partial charge in [-0.05, 0) is 49.8 Å². The third-order valence-corrected chi connectivity index (χ3v) is 5.06. The molecular weight excluding hydrogens is 314 g/mol. The molecule has 1 aromatic carbocycles. The van der Waals surface area contributed by atoms with Gasteiger partial charge in [-0.2, -0.15) is 0 Å². The van der Waals surface area contributed by atoms with Crippen LogP contribution in [0.3, 0.4) is 0 Å². The molecule has 0 unspecified atom stereocenters. The molecule has 1 saturated carbocycles. The standard InChI is InChI=1S/C17H24BrNO/c1-2-17(10-3-4-11-17)16(20)19-15-9-5-7-14(13-15)8-6-12-18/h5,7,9,13H,2-4,6,8,10-12H2,1H3,(H,19,20). The summed E-state index contributed by atoms with van der Waals surface area (Å²) >= 11 is 3.46. The summed E-state index contributed by atoms with van der Waals surface area (Å²) in [4.78, 5) is 12.6. The summed E-state index contributed by atoms with van der Waals surface area (Å²) in [5.41, 5.74) is 2.12. The van der Waals surface area contributed by atoms with E-state index in [1.807, 2.05) is 12.1 Å². The third kappa shape index (κ3) is 3.63. The van der Waals surface area contributed by atoms with E-state index in [1.54, 1.807) is 0 Å². The zero-order valence-corrected chi connectivity index (χ0v) is 13.8. The predicted molar refractivity (Wildman–Crippen MR) is 88.4 cm³/mol. The molecule has 110 valence electrons. The molecule has 1 amide bonds. The molecule has 1 aromatic rings. The van der Waals surface area contributed by atoms with Gasteiger partial charge < -0.3 is 5.32 Å². The molecule has 1 fully saturated rings. The highest BCUT2D eigenvalue weighted by molar-refractivity contribution is 9.09. The highest BCUT2D eigenvalue weighted by Gasteiger charge is 2.39. The molecule has 0 spiro atoms. The van der Waals surface area contributed by atoms with E-state index in [0.717, 1.165) is 43.1 Å². The van der Waals surface area contributed by atoms with Crippen LogP contribution >= 0.6 is 15.9 Å². The minimum absolute atomic E-state index is 0.119. The number of amides is 1. The lowest BCUT2D eigenvalue weighted by atomic mass is 9.82. The molecule has 0 radical (unpaired) electrons. The first-order valence-corrected chi connectivity index (χ1v) is 8.79. The lowest BCUT2D eigenvalue weighted by molar-refractivity contribution is -0.125. The Kier molecular flexibility index (Phi) is 5.64. The van der Waals surface area contributed by atoms with Crippen molar-refractivity contribution in [3.8, 4) is 0 Å². The lowest BCUT2D eigenvalue weighted by Crippen LogP contribution is -2.33. The summed E-state index contributed by atoms with van der Waals surface area (Å²) in [6, 6.07) is 8.27. The van der Waals surface area contributed by atoms with E-state index in [-0.39, 0.29) is 11.3 Å². The Balaban J connectivity index is 2.03. The van der Waals surface area contributed by atoms with Gasteiger partial charge in [0.25, 0.3) is 0 Å². The normalized spacial score (nSPS) is 17.1. The van der Waals surface area contributed by atoms with Crippen LogP contribution in [0.4, 0.5) is 5.69 Å². The first-order valence-electron chi connectivity index (χ1n) is 7.66. The summed E-state index contributed by atoms with van der Waals surface area (Å²) in [6.07, 6.45) is 7.57. The van der Waals surface area contributed by atoms with Crippen LogP contribution in [0.2, 0.25) is 0 Å². The second-order valence-corrected chi connectivity index (χ2v) is 6.58. The monoisotopic (exact) mass is 337 g/mol. The molecule has 1 aliphatic carbocycles. The number of hydrogen-bond acceptors (Lipinski definition) is 1. The van der Waals surface area contributed by atoms with Gasteiger partial charge in [-0.15, -0.1) is 0 Å². The summed E-state index contributed by atoms with van der Waals surface area (Å²) in [5, 5.41) is 4.16. The maximum absolute atomic E-state index is 12.6. The van der Waals surface area contributed by atoms with Gasteiger partial charge >= 0.3 is 0 Å². The van der Waals surface area contributed by atoms with E-state index >= 15 is 0 Å². The van der Waals surface area contributed by atoms with Crippen LogP contribution in [0.15, 0.2) is 24.3 Å². The number of benzene rings is 1. The van der Waals surface area contributed by atoms with Gasteiger partial charge in [0.2, 0.25) is 5.91 Å². The van der Waals surface area contributed by atoms with Crippen molar-refractivity contribution in [2.24, 2.45) is 5.41 Å². The number of nitrogens with one attached hydrogen (secondary N) is 1. The molecule has 0 saturated heterocycles. The maximum atomic E-state index is 12.6. The summed E-state index contributed by atoms with van der Waals surface area (Å²) < 4.78 is 0. The summed E-state index contributed by atoms with van der Waals surface area (Å²) in [6.45, 7) is 2.14. The second-order valence-electron chi connectivity index (χ2n) is 5.79. The van der Waals surface area contributed by atoms with Crippen molar-refractivity contribution >= 4 is 27.5 Å². The Morgan fingerprint density at radius 3 is 2.75 bits per heavy atom. The molecule has 1 N–H and O–H groups in total. The number of carbonyl (C=O) groups is 1. The van der Waals surface area contributed by atoms with Gasteiger partial charge in [0, 0.05) is 16.4 Å². The highest BCUT2D eigenvalue weighted by Crippen LogP contribution is 2.41. The molecule has 0 aliphatic heterocycles. The Hall–Kier alpha value is -0.830. The Morgan fingerprint density at radius 2 is 2.10 bits per heavy atom. The van der Waals surface area contributed by atoms with E-state index in [1.165, 1.54) is 18.4 Å². The Bertz CT molecular complexity index is 452. The van der Waals surface area contributed by atoms with Crippen molar-refractivity contribution in [1.29, 1.82) is 0 Å².